The Morgan fingerprint density at radius 3 is 2.75 bits per heavy atom. The number of carbonyl (C=O) groups excluding carboxylic acids is 1. The van der Waals surface area contributed by atoms with Crippen molar-refractivity contribution in [1.82, 2.24) is 0 Å². The van der Waals surface area contributed by atoms with Gasteiger partial charge in [-0.15, -0.1) is 0 Å². The molecule has 3 N–H and O–H groups in total. The van der Waals surface area contributed by atoms with Crippen molar-refractivity contribution in [3.8, 4) is 0 Å². The predicted molar refractivity (Wildman–Crippen MR) is 86.2 cm³/mol. The number of rotatable bonds is 4. The molecule has 0 saturated carbocycles. The van der Waals surface area contributed by atoms with Gasteiger partial charge in [0.2, 0.25) is 5.91 Å². The van der Waals surface area contributed by atoms with Crippen molar-refractivity contribution in [3.63, 3.8) is 0 Å². The Kier molecular flexibility index (Phi) is 4.68. The van der Waals surface area contributed by atoms with E-state index in [4.69, 9.17) is 17.3 Å². The Hall–Kier alpha value is -1.52. The average molecular weight is 354 g/mol. The fraction of sp³-hybridized carbons (Fsp3) is 0.133. The molecule has 0 aliphatic rings. The molecule has 0 fully saturated rings. The van der Waals surface area contributed by atoms with Crippen LogP contribution in [0.15, 0.2) is 40.9 Å². The van der Waals surface area contributed by atoms with E-state index < -0.39 is 5.91 Å². The summed E-state index contributed by atoms with van der Waals surface area (Å²) in [5.74, 6) is -0.418. The Bertz CT molecular complexity index is 658. The van der Waals surface area contributed by atoms with Crippen LogP contribution in [0.3, 0.4) is 0 Å². The first-order valence-electron chi connectivity index (χ1n) is 6.06. The van der Waals surface area contributed by atoms with Crippen LogP contribution in [0.5, 0.6) is 0 Å². The molecule has 0 saturated heterocycles. The predicted octanol–water partition coefficient (Wildman–Crippen LogP) is 4.12. The van der Waals surface area contributed by atoms with Gasteiger partial charge >= 0.3 is 0 Å². The zero-order valence-corrected chi connectivity index (χ0v) is 13.3. The average Bonchev–Trinajstić information content (AvgIpc) is 2.39. The fourth-order valence-corrected chi connectivity index (χ4v) is 2.77. The first kappa shape index (κ1) is 14.9. The van der Waals surface area contributed by atoms with Crippen molar-refractivity contribution in [2.24, 2.45) is 5.73 Å². The van der Waals surface area contributed by atoms with Crippen LogP contribution in [0.25, 0.3) is 0 Å². The molecule has 3 nitrogen and oxygen atoms in total. The van der Waals surface area contributed by atoms with Gasteiger partial charge in [-0.1, -0.05) is 39.7 Å². The Morgan fingerprint density at radius 1 is 1.35 bits per heavy atom. The van der Waals surface area contributed by atoms with Crippen LogP contribution in [0.4, 0.5) is 5.69 Å². The van der Waals surface area contributed by atoms with Crippen LogP contribution in [-0.2, 0) is 6.54 Å². The molecule has 0 aliphatic carbocycles. The summed E-state index contributed by atoms with van der Waals surface area (Å²) in [6.07, 6.45) is 0. The maximum Gasteiger partial charge on any atom is 0.249 e. The third kappa shape index (κ3) is 3.32. The molecule has 104 valence electrons. The van der Waals surface area contributed by atoms with Crippen molar-refractivity contribution in [3.05, 3.63) is 62.6 Å². The first-order valence-corrected chi connectivity index (χ1v) is 7.23. The lowest BCUT2D eigenvalue weighted by atomic mass is 10.1. The number of benzene rings is 2. The number of primary amides is 1. The van der Waals surface area contributed by atoms with Gasteiger partial charge in [-0.3, -0.25) is 4.79 Å². The van der Waals surface area contributed by atoms with Crippen LogP contribution >= 0.6 is 27.5 Å². The number of amides is 1. The van der Waals surface area contributed by atoms with Crippen molar-refractivity contribution >= 4 is 39.1 Å². The maximum atomic E-state index is 11.3. The Balaban J connectivity index is 2.19. The summed E-state index contributed by atoms with van der Waals surface area (Å²) in [4.78, 5) is 11.3. The van der Waals surface area contributed by atoms with Gasteiger partial charge in [-0.05, 0) is 42.3 Å². The Labute approximate surface area is 131 Å². The van der Waals surface area contributed by atoms with Gasteiger partial charge in [-0.25, -0.2) is 0 Å². The molecule has 0 unspecified atom stereocenters. The second-order valence-corrected chi connectivity index (χ2v) is 5.72. The van der Waals surface area contributed by atoms with Crippen LogP contribution in [0, 0.1) is 6.92 Å². The van der Waals surface area contributed by atoms with Crippen molar-refractivity contribution in [1.29, 1.82) is 0 Å². The minimum atomic E-state index is -0.418. The van der Waals surface area contributed by atoms with Crippen LogP contribution in [0.2, 0.25) is 5.02 Å². The smallest absolute Gasteiger partial charge is 0.249 e. The highest BCUT2D eigenvalue weighted by Crippen LogP contribution is 2.24. The lowest BCUT2D eigenvalue weighted by Gasteiger charge is -2.13. The van der Waals surface area contributed by atoms with E-state index in [-0.39, 0.29) is 0 Å². The topological polar surface area (TPSA) is 55.1 Å². The van der Waals surface area contributed by atoms with Gasteiger partial charge in [0.05, 0.1) is 0 Å². The van der Waals surface area contributed by atoms with E-state index >= 15 is 0 Å². The van der Waals surface area contributed by atoms with Crippen LogP contribution in [-0.4, -0.2) is 5.91 Å². The normalized spacial score (nSPS) is 10.3. The number of anilines is 1. The molecule has 2 aromatic carbocycles. The van der Waals surface area contributed by atoms with Crippen LogP contribution < -0.4 is 11.1 Å². The largest absolute Gasteiger partial charge is 0.381 e. The van der Waals surface area contributed by atoms with Crippen molar-refractivity contribution in [2.45, 2.75) is 13.5 Å². The molecule has 0 aromatic heterocycles. The van der Waals surface area contributed by atoms with E-state index in [0.717, 1.165) is 21.3 Å². The molecule has 0 spiro atoms. The lowest BCUT2D eigenvalue weighted by Crippen LogP contribution is -2.14. The summed E-state index contributed by atoms with van der Waals surface area (Å²) in [7, 11) is 0. The molecule has 1 amide bonds. The third-order valence-corrected chi connectivity index (χ3v) is 4.06. The first-order chi connectivity index (χ1) is 9.49. The quantitative estimate of drug-likeness (QED) is 0.868. The van der Waals surface area contributed by atoms with Gasteiger partial charge < -0.3 is 11.1 Å². The number of hydrogen-bond donors (Lipinski definition) is 2. The number of halogens is 2. The standard InChI is InChI=1S/C15H14BrClN2O/c1-9-12(15(18)20)3-2-4-14(9)19-8-10-5-6-11(17)7-13(10)16/h2-7,19H,8H2,1H3,(H2,18,20). The molecular formula is C15H14BrClN2O. The molecule has 0 radical (unpaired) electrons. The molecule has 0 heterocycles. The fourth-order valence-electron chi connectivity index (χ4n) is 1.95. The number of nitrogens with two attached hydrogens (primary N) is 1. The molecule has 0 aliphatic heterocycles. The van der Waals surface area contributed by atoms with Crippen molar-refractivity contribution in [2.75, 3.05) is 5.32 Å². The van der Waals surface area contributed by atoms with E-state index in [1.165, 1.54) is 0 Å². The van der Waals surface area contributed by atoms with Crippen molar-refractivity contribution < 1.29 is 4.79 Å². The van der Waals surface area contributed by atoms with Gasteiger partial charge in [-0.2, -0.15) is 0 Å². The molecule has 2 aromatic rings. The lowest BCUT2D eigenvalue weighted by molar-refractivity contribution is 0.1000. The Morgan fingerprint density at radius 2 is 2.10 bits per heavy atom. The highest BCUT2D eigenvalue weighted by atomic mass is 79.9. The summed E-state index contributed by atoms with van der Waals surface area (Å²) in [5, 5.41) is 3.99. The molecule has 5 heteroatoms. The second kappa shape index (κ2) is 6.29. The number of carbonyl (C=O) groups is 1. The summed E-state index contributed by atoms with van der Waals surface area (Å²) < 4.78 is 0.946. The van der Waals surface area contributed by atoms with Gasteiger partial charge in [0.25, 0.3) is 0 Å². The molecule has 0 bridgehead atoms. The SMILES string of the molecule is Cc1c(NCc2ccc(Cl)cc2Br)cccc1C(N)=O. The van der Waals surface area contributed by atoms with Gasteiger partial charge in [0.1, 0.15) is 0 Å². The summed E-state index contributed by atoms with van der Waals surface area (Å²) in [6, 6.07) is 11.1. The third-order valence-electron chi connectivity index (χ3n) is 3.08. The minimum absolute atomic E-state index is 0.418. The molecule has 2 rings (SSSR count). The van der Waals surface area contributed by atoms with E-state index in [1.54, 1.807) is 6.07 Å². The van der Waals surface area contributed by atoms with E-state index in [0.29, 0.717) is 17.1 Å². The maximum absolute atomic E-state index is 11.3. The molecular weight excluding hydrogens is 340 g/mol. The van der Waals surface area contributed by atoms with E-state index in [1.807, 2.05) is 37.3 Å². The van der Waals surface area contributed by atoms with E-state index in [2.05, 4.69) is 21.2 Å². The zero-order valence-electron chi connectivity index (χ0n) is 10.9. The monoisotopic (exact) mass is 352 g/mol. The highest BCUT2D eigenvalue weighted by molar-refractivity contribution is 9.10. The van der Waals surface area contributed by atoms with Gasteiger partial charge in [0, 0.05) is 27.3 Å². The molecule has 0 atom stereocenters. The van der Waals surface area contributed by atoms with Gasteiger partial charge in [0.15, 0.2) is 0 Å². The summed E-state index contributed by atoms with van der Waals surface area (Å²) in [5.41, 5.74) is 8.70. The zero-order chi connectivity index (χ0) is 14.7. The number of hydrogen-bond acceptors (Lipinski definition) is 2. The van der Waals surface area contributed by atoms with Crippen LogP contribution in [0.1, 0.15) is 21.5 Å². The summed E-state index contributed by atoms with van der Waals surface area (Å²) in [6.45, 7) is 2.50. The number of nitrogens with one attached hydrogen (secondary N) is 1. The highest BCUT2D eigenvalue weighted by Gasteiger charge is 2.08. The second-order valence-electron chi connectivity index (χ2n) is 4.43. The summed E-state index contributed by atoms with van der Waals surface area (Å²) >= 11 is 9.39. The minimum Gasteiger partial charge on any atom is -0.381 e. The molecule has 20 heavy (non-hydrogen) atoms. The van der Waals surface area contributed by atoms with E-state index in [9.17, 15) is 4.79 Å².